The van der Waals surface area contributed by atoms with Crippen LogP contribution in [-0.2, 0) is 4.79 Å². The van der Waals surface area contributed by atoms with Gasteiger partial charge in [-0.15, -0.1) is 6.42 Å². The smallest absolute Gasteiger partial charge is 0.226 e. The molecule has 0 radical (unpaired) electrons. The fourth-order valence-corrected chi connectivity index (χ4v) is 3.29. The third kappa shape index (κ3) is 2.93. The van der Waals surface area contributed by atoms with Crippen LogP contribution >= 0.6 is 0 Å². The minimum atomic E-state index is -0.0746. The summed E-state index contributed by atoms with van der Waals surface area (Å²) in [6, 6.07) is 17.7. The third-order valence-electron chi connectivity index (χ3n) is 4.47. The second-order valence-electron chi connectivity index (χ2n) is 6.09. The van der Waals surface area contributed by atoms with Crippen LogP contribution in [0.3, 0.4) is 0 Å². The fraction of sp³-hybridized carbons (Fsp3) is 0.143. The van der Waals surface area contributed by atoms with Gasteiger partial charge in [0.15, 0.2) is 5.82 Å². The van der Waals surface area contributed by atoms with Gasteiger partial charge in [0.25, 0.3) is 0 Å². The first-order chi connectivity index (χ1) is 12.8. The Balaban J connectivity index is 1.74. The topological polar surface area (TPSA) is 67.0 Å². The number of carbonyl (C=O) groups is 1. The summed E-state index contributed by atoms with van der Waals surface area (Å²) >= 11 is 0. The summed E-state index contributed by atoms with van der Waals surface area (Å²) in [6.07, 6.45) is 5.59. The molecular formula is C21H17N3O2. The molecule has 0 spiro atoms. The molecule has 4 rings (SSSR count). The number of fused-ring (bicyclic) bond motifs is 1. The number of aromatic amines is 1. The van der Waals surface area contributed by atoms with Gasteiger partial charge in [-0.25, -0.2) is 0 Å². The molecule has 26 heavy (non-hydrogen) atoms. The monoisotopic (exact) mass is 343 g/mol. The number of nitrogens with zero attached hydrogens (tertiary/aromatic N) is 1. The van der Waals surface area contributed by atoms with Crippen LogP contribution in [0.25, 0.3) is 11.3 Å². The van der Waals surface area contributed by atoms with E-state index in [4.69, 9.17) is 11.2 Å². The van der Waals surface area contributed by atoms with E-state index < -0.39 is 0 Å². The first kappa shape index (κ1) is 16.0. The van der Waals surface area contributed by atoms with Gasteiger partial charge >= 0.3 is 0 Å². The number of rotatable bonds is 4. The number of hydrogen-bond donors (Lipinski definition) is 2. The Hall–Kier alpha value is -3.52. The first-order valence-corrected chi connectivity index (χ1v) is 8.36. The molecule has 5 nitrogen and oxygen atoms in total. The number of nitrogens with one attached hydrogen (secondary N) is 2. The molecule has 2 heterocycles. The molecule has 2 N–H and O–H groups in total. The Labute approximate surface area is 151 Å². The van der Waals surface area contributed by atoms with Crippen molar-refractivity contribution in [1.82, 2.24) is 10.2 Å². The maximum absolute atomic E-state index is 12.2. The van der Waals surface area contributed by atoms with Crippen LogP contribution in [0.2, 0.25) is 0 Å². The first-order valence-electron chi connectivity index (χ1n) is 8.36. The number of hydrogen-bond acceptors (Lipinski definition) is 3. The van der Waals surface area contributed by atoms with E-state index in [2.05, 4.69) is 21.4 Å². The normalized spacial score (nSPS) is 15.7. The van der Waals surface area contributed by atoms with Crippen molar-refractivity contribution in [2.45, 2.75) is 12.3 Å². The van der Waals surface area contributed by atoms with Gasteiger partial charge in [0, 0.05) is 17.9 Å². The molecular weight excluding hydrogens is 326 g/mol. The lowest BCUT2D eigenvalue weighted by Gasteiger charge is -2.23. The lowest BCUT2D eigenvalue weighted by molar-refractivity contribution is -0.116. The average molecular weight is 343 g/mol. The van der Waals surface area contributed by atoms with Gasteiger partial charge in [0.05, 0.1) is 5.69 Å². The number of H-pyrrole nitrogens is 1. The Morgan fingerprint density at radius 2 is 1.92 bits per heavy atom. The molecule has 0 fully saturated rings. The number of anilines is 1. The van der Waals surface area contributed by atoms with Crippen LogP contribution in [0.1, 0.15) is 23.5 Å². The van der Waals surface area contributed by atoms with Crippen molar-refractivity contribution >= 4 is 11.7 Å². The largest absolute Gasteiger partial charge is 0.481 e. The highest BCUT2D eigenvalue weighted by molar-refractivity contribution is 5.96. The molecule has 0 saturated carbocycles. The van der Waals surface area contributed by atoms with Gasteiger partial charge in [-0.1, -0.05) is 48.4 Å². The molecule has 1 aromatic heterocycles. The van der Waals surface area contributed by atoms with Crippen molar-refractivity contribution in [2.75, 3.05) is 11.9 Å². The van der Waals surface area contributed by atoms with E-state index in [0.29, 0.717) is 18.0 Å². The summed E-state index contributed by atoms with van der Waals surface area (Å²) in [5.74, 6) is 3.64. The number of benzene rings is 2. The van der Waals surface area contributed by atoms with Crippen LogP contribution in [0.4, 0.5) is 5.82 Å². The summed E-state index contributed by atoms with van der Waals surface area (Å²) < 4.78 is 5.43. The highest BCUT2D eigenvalue weighted by atomic mass is 16.5. The van der Waals surface area contributed by atoms with Crippen molar-refractivity contribution < 1.29 is 9.53 Å². The molecule has 0 unspecified atom stereocenters. The van der Waals surface area contributed by atoms with E-state index in [1.807, 2.05) is 54.6 Å². The summed E-state index contributed by atoms with van der Waals surface area (Å²) in [5, 5.41) is 10.3. The maximum atomic E-state index is 12.2. The van der Waals surface area contributed by atoms with E-state index in [1.165, 1.54) is 0 Å². The Bertz CT molecular complexity index is 969. The van der Waals surface area contributed by atoms with Crippen LogP contribution in [0.15, 0.2) is 54.6 Å². The maximum Gasteiger partial charge on any atom is 0.226 e. The molecule has 5 heteroatoms. The number of terminal acetylenes is 1. The Kier molecular flexibility index (Phi) is 4.16. The number of carbonyl (C=O) groups excluding carboxylic acids is 1. The van der Waals surface area contributed by atoms with E-state index >= 15 is 0 Å². The van der Waals surface area contributed by atoms with Crippen LogP contribution in [-0.4, -0.2) is 22.7 Å². The van der Waals surface area contributed by atoms with E-state index in [0.717, 1.165) is 22.4 Å². The molecule has 1 atom stereocenters. The lowest BCUT2D eigenvalue weighted by Crippen LogP contribution is -2.23. The zero-order valence-corrected chi connectivity index (χ0v) is 14.0. The summed E-state index contributed by atoms with van der Waals surface area (Å²) in [5.41, 5.74) is 4.01. The van der Waals surface area contributed by atoms with E-state index in [9.17, 15) is 4.79 Å². The summed E-state index contributed by atoms with van der Waals surface area (Å²) in [4.78, 5) is 12.2. The quantitative estimate of drug-likeness (QED) is 0.712. The molecule has 128 valence electrons. The highest BCUT2D eigenvalue weighted by Crippen LogP contribution is 2.41. The SMILES string of the molecule is C#CCOc1ccc([C@H]2CC(=O)Nc3n[nH]c(-c4ccccc4)c32)cc1. The lowest BCUT2D eigenvalue weighted by atomic mass is 9.84. The van der Waals surface area contributed by atoms with Gasteiger partial charge in [-0.2, -0.15) is 5.10 Å². The van der Waals surface area contributed by atoms with Gasteiger partial charge in [0.1, 0.15) is 12.4 Å². The molecule has 3 aromatic rings. The van der Waals surface area contributed by atoms with Crippen molar-refractivity contribution in [3.05, 3.63) is 65.7 Å². The third-order valence-corrected chi connectivity index (χ3v) is 4.47. The molecule has 1 aliphatic rings. The number of aromatic nitrogens is 2. The van der Waals surface area contributed by atoms with Gasteiger partial charge in [-0.3, -0.25) is 9.89 Å². The van der Waals surface area contributed by atoms with Crippen LogP contribution < -0.4 is 10.1 Å². The highest BCUT2D eigenvalue weighted by Gasteiger charge is 2.31. The summed E-state index contributed by atoms with van der Waals surface area (Å²) in [7, 11) is 0. The van der Waals surface area contributed by atoms with Gasteiger partial charge in [0.2, 0.25) is 5.91 Å². The second-order valence-corrected chi connectivity index (χ2v) is 6.09. The Morgan fingerprint density at radius 3 is 2.65 bits per heavy atom. The molecule has 0 bridgehead atoms. The number of amides is 1. The Morgan fingerprint density at radius 1 is 1.15 bits per heavy atom. The fourth-order valence-electron chi connectivity index (χ4n) is 3.29. The van der Waals surface area contributed by atoms with Crippen molar-refractivity contribution in [3.63, 3.8) is 0 Å². The zero-order valence-electron chi connectivity index (χ0n) is 14.0. The van der Waals surface area contributed by atoms with Crippen molar-refractivity contribution in [2.24, 2.45) is 0 Å². The average Bonchev–Trinajstić information content (AvgIpc) is 3.10. The van der Waals surface area contributed by atoms with Crippen molar-refractivity contribution in [3.8, 4) is 29.4 Å². The minimum Gasteiger partial charge on any atom is -0.481 e. The summed E-state index contributed by atoms with van der Waals surface area (Å²) in [6.45, 7) is 0.231. The van der Waals surface area contributed by atoms with Crippen molar-refractivity contribution in [1.29, 1.82) is 0 Å². The van der Waals surface area contributed by atoms with E-state index in [-0.39, 0.29) is 18.4 Å². The predicted octanol–water partition coefficient (Wildman–Crippen LogP) is 3.56. The predicted molar refractivity (Wildman–Crippen MR) is 99.9 cm³/mol. The molecule has 1 amide bonds. The van der Waals surface area contributed by atoms with Crippen LogP contribution in [0, 0.1) is 12.3 Å². The molecule has 0 saturated heterocycles. The standard InChI is InChI=1S/C21H17N3O2/c1-2-12-26-16-10-8-14(9-11-16)17-13-18(25)22-21-19(17)20(23-24-21)15-6-4-3-5-7-15/h1,3-11,17H,12-13H2,(H2,22,23,24,25)/t17-/m1/s1. The zero-order chi connectivity index (χ0) is 17.9. The van der Waals surface area contributed by atoms with Gasteiger partial charge < -0.3 is 10.1 Å². The van der Waals surface area contributed by atoms with Crippen LogP contribution in [0.5, 0.6) is 5.75 Å². The minimum absolute atomic E-state index is 0.0405. The number of ether oxygens (including phenoxy) is 1. The molecule has 2 aromatic carbocycles. The molecule has 1 aliphatic heterocycles. The van der Waals surface area contributed by atoms with Gasteiger partial charge in [-0.05, 0) is 23.3 Å². The van der Waals surface area contributed by atoms with E-state index in [1.54, 1.807) is 0 Å². The second kappa shape index (κ2) is 6.77. The molecule has 0 aliphatic carbocycles.